The van der Waals surface area contributed by atoms with E-state index in [1.165, 1.54) is 0 Å². The number of anilines is 1. The Balaban J connectivity index is 1.25. The summed E-state index contributed by atoms with van der Waals surface area (Å²) in [6, 6.07) is 9.47. The normalized spacial score (nSPS) is 14.1. The van der Waals surface area contributed by atoms with Crippen LogP contribution in [0.25, 0.3) is 56.1 Å². The van der Waals surface area contributed by atoms with Crippen LogP contribution in [-0.2, 0) is 4.79 Å². The van der Waals surface area contributed by atoms with E-state index in [9.17, 15) is 4.79 Å². The second-order valence-electron chi connectivity index (χ2n) is 9.25. The number of pyridine rings is 3. The van der Waals surface area contributed by atoms with Gasteiger partial charge in [0.2, 0.25) is 5.91 Å². The Kier molecular flexibility index (Phi) is 5.02. The molecule has 7 rings (SSSR count). The standard InChI is InChI=1S/C27H22N8O2/c36-27(15-3-1-2-4-15)30-18-11-17(12-28-13-18)19-5-6-21-24(31-19)25(35-34-21)26-32-20-7-9-29-22(23(20)33-26)16-8-10-37-14-16/h5-15H,1-4H2,(H,30,36)(H,32,33)(H,34,35). The molecule has 3 N–H and O–H groups in total. The third kappa shape index (κ3) is 3.83. The molecule has 1 amide bonds. The topological polar surface area (TPSA) is 138 Å². The van der Waals surface area contributed by atoms with Crippen LogP contribution in [0.2, 0.25) is 0 Å². The zero-order valence-electron chi connectivity index (χ0n) is 19.7. The fourth-order valence-corrected chi connectivity index (χ4v) is 4.96. The number of furan rings is 1. The van der Waals surface area contributed by atoms with Crippen molar-refractivity contribution in [2.24, 2.45) is 5.92 Å². The van der Waals surface area contributed by atoms with Crippen molar-refractivity contribution in [2.75, 3.05) is 5.32 Å². The van der Waals surface area contributed by atoms with E-state index in [2.05, 4.69) is 30.5 Å². The van der Waals surface area contributed by atoms with E-state index in [4.69, 9.17) is 14.4 Å². The fraction of sp³-hybridized carbons (Fsp3) is 0.185. The van der Waals surface area contributed by atoms with Gasteiger partial charge in [-0.3, -0.25) is 19.9 Å². The molecule has 0 aliphatic heterocycles. The molecule has 0 radical (unpaired) electrons. The molecule has 10 heteroatoms. The first kappa shape index (κ1) is 21.4. The Hall–Kier alpha value is -4.86. The lowest BCUT2D eigenvalue weighted by Crippen LogP contribution is -2.20. The van der Waals surface area contributed by atoms with Gasteiger partial charge in [0.25, 0.3) is 0 Å². The van der Waals surface area contributed by atoms with Crippen LogP contribution in [0.1, 0.15) is 25.7 Å². The van der Waals surface area contributed by atoms with Gasteiger partial charge in [0.1, 0.15) is 16.7 Å². The van der Waals surface area contributed by atoms with E-state index in [0.717, 1.165) is 64.7 Å². The lowest BCUT2D eigenvalue weighted by Gasteiger charge is -2.11. The summed E-state index contributed by atoms with van der Waals surface area (Å²) in [6.07, 6.45) is 12.5. The van der Waals surface area contributed by atoms with Gasteiger partial charge in [-0.05, 0) is 43.2 Å². The maximum atomic E-state index is 12.6. The van der Waals surface area contributed by atoms with E-state index < -0.39 is 0 Å². The van der Waals surface area contributed by atoms with Crippen molar-refractivity contribution in [3.8, 4) is 34.0 Å². The molecule has 6 heterocycles. The monoisotopic (exact) mass is 490 g/mol. The Labute approximate surface area is 210 Å². The smallest absolute Gasteiger partial charge is 0.227 e. The number of fused-ring (bicyclic) bond motifs is 2. The molecule has 1 aliphatic rings. The van der Waals surface area contributed by atoms with E-state index in [0.29, 0.717) is 22.7 Å². The summed E-state index contributed by atoms with van der Waals surface area (Å²) in [5.74, 6) is 0.727. The maximum absolute atomic E-state index is 12.6. The first-order valence-corrected chi connectivity index (χ1v) is 12.2. The van der Waals surface area contributed by atoms with E-state index in [1.54, 1.807) is 31.1 Å². The van der Waals surface area contributed by atoms with Crippen LogP contribution in [-0.4, -0.2) is 41.0 Å². The number of carbonyl (C=O) groups is 1. The van der Waals surface area contributed by atoms with Crippen LogP contribution < -0.4 is 5.32 Å². The Morgan fingerprint density at radius 3 is 2.73 bits per heavy atom. The molecule has 0 unspecified atom stereocenters. The summed E-state index contributed by atoms with van der Waals surface area (Å²) in [7, 11) is 0. The second kappa shape index (κ2) is 8.66. The minimum absolute atomic E-state index is 0.0612. The maximum Gasteiger partial charge on any atom is 0.227 e. The Morgan fingerprint density at radius 2 is 1.86 bits per heavy atom. The second-order valence-corrected chi connectivity index (χ2v) is 9.25. The summed E-state index contributed by atoms with van der Waals surface area (Å²) in [5.41, 5.74) is 7.38. The molecule has 182 valence electrons. The Bertz CT molecular complexity index is 1750. The molecule has 0 saturated heterocycles. The molecule has 1 saturated carbocycles. The lowest BCUT2D eigenvalue weighted by molar-refractivity contribution is -0.119. The number of imidazole rings is 1. The zero-order chi connectivity index (χ0) is 24.8. The number of aromatic amines is 2. The van der Waals surface area contributed by atoms with Gasteiger partial charge in [-0.15, -0.1) is 0 Å². The van der Waals surface area contributed by atoms with Gasteiger partial charge in [-0.1, -0.05) is 12.8 Å². The number of amides is 1. The molecule has 6 aromatic heterocycles. The minimum atomic E-state index is 0.0612. The average Bonchev–Trinajstić information content (AvgIpc) is 3.74. The summed E-state index contributed by atoms with van der Waals surface area (Å²) in [5, 5.41) is 10.6. The summed E-state index contributed by atoms with van der Waals surface area (Å²) < 4.78 is 5.23. The Morgan fingerprint density at radius 1 is 0.973 bits per heavy atom. The number of aromatic nitrogens is 7. The van der Waals surface area contributed by atoms with Crippen LogP contribution in [0.4, 0.5) is 5.69 Å². The SMILES string of the molecule is O=C(Nc1cncc(-c2ccc3[nH]nc(-c4nc5c(-c6ccoc6)nccc5[nH]4)c3n2)c1)C1CCCC1. The van der Waals surface area contributed by atoms with Crippen molar-refractivity contribution in [3.05, 3.63) is 61.4 Å². The van der Waals surface area contributed by atoms with Gasteiger partial charge in [-0.2, -0.15) is 5.10 Å². The highest BCUT2D eigenvalue weighted by atomic mass is 16.3. The third-order valence-electron chi connectivity index (χ3n) is 6.86. The molecule has 6 aromatic rings. The quantitative estimate of drug-likeness (QED) is 0.296. The zero-order valence-corrected chi connectivity index (χ0v) is 19.7. The van der Waals surface area contributed by atoms with Crippen molar-refractivity contribution >= 4 is 33.7 Å². The molecular formula is C27H22N8O2. The van der Waals surface area contributed by atoms with E-state index >= 15 is 0 Å². The number of H-pyrrole nitrogens is 2. The third-order valence-corrected chi connectivity index (χ3v) is 6.86. The van der Waals surface area contributed by atoms with Gasteiger partial charge in [0, 0.05) is 29.4 Å². The number of nitrogens with one attached hydrogen (secondary N) is 3. The van der Waals surface area contributed by atoms with Crippen LogP contribution in [0.15, 0.2) is 65.9 Å². The van der Waals surface area contributed by atoms with Crippen LogP contribution in [0.5, 0.6) is 0 Å². The number of nitrogens with zero attached hydrogens (tertiary/aromatic N) is 5. The summed E-state index contributed by atoms with van der Waals surface area (Å²) >= 11 is 0. The first-order chi connectivity index (χ1) is 18.2. The largest absolute Gasteiger partial charge is 0.472 e. The van der Waals surface area contributed by atoms with E-state index in [-0.39, 0.29) is 11.8 Å². The highest BCUT2D eigenvalue weighted by molar-refractivity contribution is 5.95. The van der Waals surface area contributed by atoms with Gasteiger partial charge in [0.15, 0.2) is 11.5 Å². The molecule has 0 atom stereocenters. The summed E-state index contributed by atoms with van der Waals surface area (Å²) in [6.45, 7) is 0. The van der Waals surface area contributed by atoms with Gasteiger partial charge in [-0.25, -0.2) is 9.97 Å². The number of hydrogen-bond acceptors (Lipinski definition) is 7. The molecule has 0 spiro atoms. The molecule has 1 fully saturated rings. The van der Waals surface area contributed by atoms with Gasteiger partial charge >= 0.3 is 0 Å². The predicted molar refractivity (Wildman–Crippen MR) is 138 cm³/mol. The van der Waals surface area contributed by atoms with Crippen molar-refractivity contribution in [1.82, 2.24) is 35.1 Å². The van der Waals surface area contributed by atoms with Gasteiger partial charge < -0.3 is 14.7 Å². The lowest BCUT2D eigenvalue weighted by atomic mass is 10.1. The van der Waals surface area contributed by atoms with Crippen LogP contribution >= 0.6 is 0 Å². The average molecular weight is 491 g/mol. The number of hydrogen-bond donors (Lipinski definition) is 3. The van der Waals surface area contributed by atoms with Crippen molar-refractivity contribution in [1.29, 1.82) is 0 Å². The van der Waals surface area contributed by atoms with Gasteiger partial charge in [0.05, 0.1) is 41.1 Å². The molecule has 10 nitrogen and oxygen atoms in total. The van der Waals surface area contributed by atoms with Crippen LogP contribution in [0.3, 0.4) is 0 Å². The highest BCUT2D eigenvalue weighted by Crippen LogP contribution is 2.31. The van der Waals surface area contributed by atoms with Crippen LogP contribution in [0, 0.1) is 5.92 Å². The molecule has 37 heavy (non-hydrogen) atoms. The number of rotatable bonds is 5. The van der Waals surface area contributed by atoms with E-state index in [1.807, 2.05) is 30.3 Å². The minimum Gasteiger partial charge on any atom is -0.472 e. The van der Waals surface area contributed by atoms with Crippen molar-refractivity contribution < 1.29 is 9.21 Å². The van der Waals surface area contributed by atoms with Crippen molar-refractivity contribution in [2.45, 2.75) is 25.7 Å². The number of carbonyl (C=O) groups excluding carboxylic acids is 1. The fourth-order valence-electron chi connectivity index (χ4n) is 4.96. The predicted octanol–water partition coefficient (Wildman–Crippen LogP) is 5.35. The highest BCUT2D eigenvalue weighted by Gasteiger charge is 2.23. The molecule has 0 aromatic carbocycles. The molecule has 0 bridgehead atoms. The molecular weight excluding hydrogens is 468 g/mol. The summed E-state index contributed by atoms with van der Waals surface area (Å²) in [4.78, 5) is 34.5. The molecule has 1 aliphatic carbocycles. The first-order valence-electron chi connectivity index (χ1n) is 12.2. The van der Waals surface area contributed by atoms with Crippen molar-refractivity contribution in [3.63, 3.8) is 0 Å².